The molecule has 0 saturated carbocycles. The van der Waals surface area contributed by atoms with E-state index in [1.807, 2.05) is 24.3 Å². The molecule has 21 heavy (non-hydrogen) atoms. The maximum absolute atomic E-state index is 6.24. The first-order valence-electron chi connectivity index (χ1n) is 6.83. The van der Waals surface area contributed by atoms with Crippen molar-refractivity contribution in [2.24, 2.45) is 0 Å². The van der Waals surface area contributed by atoms with Gasteiger partial charge in [-0.3, -0.25) is 0 Å². The molecule has 2 atom stereocenters. The number of hydrogen-bond acceptors (Lipinski definition) is 2. The Hall–Kier alpha value is -0.870. The summed E-state index contributed by atoms with van der Waals surface area (Å²) in [6.45, 7) is 2.60. The van der Waals surface area contributed by atoms with Crippen molar-refractivity contribution in [3.05, 3.63) is 70.2 Å². The van der Waals surface area contributed by atoms with Crippen molar-refractivity contribution in [2.45, 2.75) is 18.8 Å². The Labute approximate surface area is 138 Å². The summed E-state index contributed by atoms with van der Waals surface area (Å²) in [5.41, 5.74) is 3.33. The number of halogens is 2. The summed E-state index contributed by atoms with van der Waals surface area (Å²) in [6, 6.07) is 16.0. The molecule has 0 aliphatic carbocycles. The van der Waals surface area contributed by atoms with E-state index in [-0.39, 0.29) is 6.10 Å². The van der Waals surface area contributed by atoms with Crippen LogP contribution in [-0.2, 0) is 15.3 Å². The molecule has 110 valence electrons. The van der Waals surface area contributed by atoms with Crippen LogP contribution in [0.25, 0.3) is 0 Å². The quantitative estimate of drug-likeness (QED) is 0.712. The second kappa shape index (κ2) is 6.09. The van der Waals surface area contributed by atoms with Gasteiger partial charge in [0.1, 0.15) is 6.10 Å². The highest BCUT2D eigenvalue weighted by Crippen LogP contribution is 2.41. The summed E-state index contributed by atoms with van der Waals surface area (Å²) in [5.74, 6) is -0.724. The van der Waals surface area contributed by atoms with Gasteiger partial charge < -0.3 is 9.47 Å². The van der Waals surface area contributed by atoms with Gasteiger partial charge in [0, 0.05) is 10.6 Å². The van der Waals surface area contributed by atoms with Gasteiger partial charge in [-0.05, 0) is 24.6 Å². The predicted octanol–water partition coefficient (Wildman–Crippen LogP) is 4.98. The van der Waals surface area contributed by atoms with E-state index in [1.165, 1.54) is 5.56 Å². The third-order valence-corrected chi connectivity index (χ3v) is 4.70. The molecule has 2 aromatic carbocycles. The van der Waals surface area contributed by atoms with Crippen molar-refractivity contribution in [3.8, 4) is 0 Å². The number of aryl methyl sites for hydroxylation is 1. The van der Waals surface area contributed by atoms with Gasteiger partial charge in [0.25, 0.3) is 0 Å². The largest absolute Gasteiger partial charge is 0.342 e. The van der Waals surface area contributed by atoms with Crippen LogP contribution >= 0.6 is 27.5 Å². The maximum atomic E-state index is 6.24. The van der Waals surface area contributed by atoms with Gasteiger partial charge >= 0.3 is 0 Å². The van der Waals surface area contributed by atoms with Crippen molar-refractivity contribution >= 4 is 27.5 Å². The van der Waals surface area contributed by atoms with E-state index < -0.39 is 5.79 Å². The first-order valence-corrected chi connectivity index (χ1v) is 8.33. The highest BCUT2D eigenvalue weighted by Gasteiger charge is 2.42. The van der Waals surface area contributed by atoms with Gasteiger partial charge in [-0.1, -0.05) is 69.5 Å². The van der Waals surface area contributed by atoms with Crippen molar-refractivity contribution in [2.75, 3.05) is 11.9 Å². The second-order valence-electron chi connectivity index (χ2n) is 5.22. The first-order chi connectivity index (χ1) is 10.1. The number of rotatable bonds is 3. The Morgan fingerprint density at radius 2 is 1.81 bits per heavy atom. The monoisotopic (exact) mass is 366 g/mol. The summed E-state index contributed by atoms with van der Waals surface area (Å²) < 4.78 is 12.2. The predicted molar refractivity (Wildman–Crippen MR) is 87.9 cm³/mol. The minimum atomic E-state index is -0.724. The minimum absolute atomic E-state index is 0.0823. The number of hydrogen-bond donors (Lipinski definition) is 0. The van der Waals surface area contributed by atoms with Gasteiger partial charge in [0.05, 0.1) is 11.9 Å². The summed E-state index contributed by atoms with van der Waals surface area (Å²) >= 11 is 9.46. The zero-order chi connectivity index (χ0) is 14.9. The third-order valence-electron chi connectivity index (χ3n) is 3.71. The summed E-state index contributed by atoms with van der Waals surface area (Å²) in [7, 11) is 0. The molecule has 1 aliphatic heterocycles. The average Bonchev–Trinajstić information content (AvgIpc) is 2.94. The molecule has 2 nitrogen and oxygen atoms in total. The lowest BCUT2D eigenvalue weighted by atomic mass is 10.1. The fraction of sp³-hybridized carbons (Fsp3) is 0.294. The standard InChI is InChI=1S/C17H16BrClO2/c1-12-2-6-14(7-3-12)17(11-18)20-10-16(21-17)13-4-8-15(19)9-5-13/h2-9,16H,10-11H2,1H3/t16-,17+/m0/s1. The number of benzene rings is 2. The fourth-order valence-electron chi connectivity index (χ4n) is 2.46. The molecule has 3 rings (SSSR count). The van der Waals surface area contributed by atoms with Gasteiger partial charge in [-0.25, -0.2) is 0 Å². The molecule has 0 unspecified atom stereocenters. The van der Waals surface area contributed by atoms with Crippen molar-refractivity contribution in [1.29, 1.82) is 0 Å². The maximum Gasteiger partial charge on any atom is 0.205 e. The highest BCUT2D eigenvalue weighted by molar-refractivity contribution is 9.09. The van der Waals surface area contributed by atoms with Crippen LogP contribution in [0.4, 0.5) is 0 Å². The topological polar surface area (TPSA) is 18.5 Å². The second-order valence-corrected chi connectivity index (χ2v) is 6.22. The van der Waals surface area contributed by atoms with Gasteiger partial charge in [0.15, 0.2) is 0 Å². The van der Waals surface area contributed by atoms with Crippen LogP contribution < -0.4 is 0 Å². The van der Waals surface area contributed by atoms with Crippen molar-refractivity contribution < 1.29 is 9.47 Å². The molecule has 0 radical (unpaired) electrons. The van der Waals surface area contributed by atoms with Crippen LogP contribution in [0, 0.1) is 6.92 Å². The van der Waals surface area contributed by atoms with E-state index >= 15 is 0 Å². The molecule has 0 bridgehead atoms. The Balaban J connectivity index is 1.85. The van der Waals surface area contributed by atoms with Gasteiger partial charge in [0.2, 0.25) is 5.79 Å². The van der Waals surface area contributed by atoms with E-state index in [4.69, 9.17) is 21.1 Å². The Morgan fingerprint density at radius 3 is 2.43 bits per heavy atom. The molecule has 0 aromatic heterocycles. The lowest BCUT2D eigenvalue weighted by Crippen LogP contribution is -2.29. The molecule has 1 aliphatic rings. The molecule has 1 fully saturated rings. The Morgan fingerprint density at radius 1 is 1.14 bits per heavy atom. The summed E-state index contributed by atoms with van der Waals surface area (Å²) in [4.78, 5) is 0. The average molecular weight is 368 g/mol. The van der Waals surface area contributed by atoms with E-state index in [0.29, 0.717) is 11.9 Å². The van der Waals surface area contributed by atoms with Crippen molar-refractivity contribution in [3.63, 3.8) is 0 Å². The molecular formula is C17H16BrClO2. The normalized spacial score (nSPS) is 25.2. The lowest BCUT2D eigenvalue weighted by molar-refractivity contribution is -0.157. The number of alkyl halides is 1. The molecular weight excluding hydrogens is 352 g/mol. The van der Waals surface area contributed by atoms with E-state index in [0.717, 1.165) is 16.1 Å². The van der Waals surface area contributed by atoms with E-state index in [1.54, 1.807) is 0 Å². The fourth-order valence-corrected chi connectivity index (χ4v) is 3.20. The molecule has 0 N–H and O–H groups in total. The van der Waals surface area contributed by atoms with Gasteiger partial charge in [-0.15, -0.1) is 0 Å². The van der Waals surface area contributed by atoms with Crippen LogP contribution in [0.5, 0.6) is 0 Å². The molecule has 2 aromatic rings. The zero-order valence-electron chi connectivity index (χ0n) is 11.7. The SMILES string of the molecule is Cc1ccc([C@]2(CBr)OC[C@@H](c3ccc(Cl)cc3)O2)cc1. The highest BCUT2D eigenvalue weighted by atomic mass is 79.9. The van der Waals surface area contributed by atoms with Crippen LogP contribution in [-0.4, -0.2) is 11.9 Å². The minimum Gasteiger partial charge on any atom is -0.342 e. The van der Waals surface area contributed by atoms with Crippen LogP contribution in [0.2, 0.25) is 5.02 Å². The molecule has 0 amide bonds. The Bertz CT molecular complexity index is 612. The summed E-state index contributed by atoms with van der Waals surface area (Å²) in [5, 5.41) is 1.32. The van der Waals surface area contributed by atoms with Crippen molar-refractivity contribution in [1.82, 2.24) is 0 Å². The van der Waals surface area contributed by atoms with Crippen LogP contribution in [0.3, 0.4) is 0 Å². The van der Waals surface area contributed by atoms with Crippen LogP contribution in [0.15, 0.2) is 48.5 Å². The smallest absolute Gasteiger partial charge is 0.205 e. The van der Waals surface area contributed by atoms with Crippen LogP contribution in [0.1, 0.15) is 22.8 Å². The number of ether oxygens (including phenoxy) is 2. The molecule has 1 heterocycles. The van der Waals surface area contributed by atoms with E-state index in [9.17, 15) is 0 Å². The first kappa shape index (κ1) is 15.0. The van der Waals surface area contributed by atoms with Gasteiger partial charge in [-0.2, -0.15) is 0 Å². The third kappa shape index (κ3) is 3.02. The molecule has 4 heteroatoms. The molecule has 1 saturated heterocycles. The zero-order valence-corrected chi connectivity index (χ0v) is 14.0. The lowest BCUT2D eigenvalue weighted by Gasteiger charge is -2.26. The van der Waals surface area contributed by atoms with E-state index in [2.05, 4.69) is 47.1 Å². The molecule has 0 spiro atoms. The summed E-state index contributed by atoms with van der Waals surface area (Å²) in [6.07, 6.45) is -0.0823. The Kier molecular flexibility index (Phi) is 4.36.